The van der Waals surface area contributed by atoms with E-state index in [9.17, 15) is 0 Å². The molecule has 0 amide bonds. The van der Waals surface area contributed by atoms with E-state index in [1.807, 2.05) is 12.1 Å². The first-order valence-electron chi connectivity index (χ1n) is 7.74. The van der Waals surface area contributed by atoms with Gasteiger partial charge in [0.15, 0.2) is 0 Å². The van der Waals surface area contributed by atoms with Crippen molar-refractivity contribution < 1.29 is 4.74 Å². The molecule has 0 radical (unpaired) electrons. The Morgan fingerprint density at radius 3 is 2.81 bits per heavy atom. The van der Waals surface area contributed by atoms with Gasteiger partial charge in [-0.2, -0.15) is 5.26 Å². The first-order valence-corrected chi connectivity index (χ1v) is 7.74. The summed E-state index contributed by atoms with van der Waals surface area (Å²) in [6.07, 6.45) is 2.67. The molecule has 5 nitrogen and oxygen atoms in total. The third kappa shape index (κ3) is 3.34. The number of nitriles is 1. The maximum Gasteiger partial charge on any atom is 0.142 e. The fourth-order valence-corrected chi connectivity index (χ4v) is 3.30. The number of aromatic nitrogens is 1. The summed E-state index contributed by atoms with van der Waals surface area (Å²) in [5.41, 5.74) is 0.497. The Balaban J connectivity index is 1.58. The summed E-state index contributed by atoms with van der Waals surface area (Å²) in [7, 11) is 0. The van der Waals surface area contributed by atoms with Gasteiger partial charge in [0.25, 0.3) is 0 Å². The van der Waals surface area contributed by atoms with Crippen LogP contribution >= 0.6 is 0 Å². The highest BCUT2D eigenvalue weighted by molar-refractivity contribution is 5.42. The maximum atomic E-state index is 8.95. The first kappa shape index (κ1) is 14.3. The van der Waals surface area contributed by atoms with Crippen LogP contribution in [0.2, 0.25) is 0 Å². The van der Waals surface area contributed by atoms with Crippen molar-refractivity contribution in [3.05, 3.63) is 23.9 Å². The van der Waals surface area contributed by atoms with Crippen LogP contribution < -0.4 is 4.90 Å². The number of hydrogen-bond donors (Lipinski definition) is 0. The highest BCUT2D eigenvalue weighted by Gasteiger charge is 2.28. The van der Waals surface area contributed by atoms with Gasteiger partial charge in [-0.05, 0) is 31.9 Å². The fourth-order valence-electron chi connectivity index (χ4n) is 3.30. The molecule has 2 aliphatic rings. The van der Waals surface area contributed by atoms with Gasteiger partial charge in [-0.1, -0.05) is 6.07 Å². The zero-order valence-electron chi connectivity index (χ0n) is 12.5. The summed E-state index contributed by atoms with van der Waals surface area (Å²) in [6, 6.07) is 8.44. The van der Waals surface area contributed by atoms with Gasteiger partial charge in [0.2, 0.25) is 0 Å². The lowest BCUT2D eigenvalue weighted by atomic mass is 10.0. The number of hydrogen-bond acceptors (Lipinski definition) is 5. The van der Waals surface area contributed by atoms with E-state index >= 15 is 0 Å². The van der Waals surface area contributed by atoms with Gasteiger partial charge >= 0.3 is 0 Å². The van der Waals surface area contributed by atoms with Crippen molar-refractivity contribution in [1.29, 1.82) is 5.26 Å². The second-order valence-electron chi connectivity index (χ2n) is 5.89. The van der Waals surface area contributed by atoms with Gasteiger partial charge in [0, 0.05) is 32.2 Å². The lowest BCUT2D eigenvalue weighted by Crippen LogP contribution is -2.51. The van der Waals surface area contributed by atoms with Crippen molar-refractivity contribution in [3.63, 3.8) is 0 Å². The molecule has 1 aromatic heterocycles. The average molecular weight is 286 g/mol. The van der Waals surface area contributed by atoms with Crippen LogP contribution in [0.3, 0.4) is 0 Å². The average Bonchev–Trinajstić information content (AvgIpc) is 2.55. The summed E-state index contributed by atoms with van der Waals surface area (Å²) >= 11 is 0. The van der Waals surface area contributed by atoms with Gasteiger partial charge in [-0.15, -0.1) is 0 Å². The molecule has 0 saturated carbocycles. The number of nitrogens with zero attached hydrogens (tertiary/aromatic N) is 4. The monoisotopic (exact) mass is 286 g/mol. The minimum absolute atomic E-state index is 0.353. The van der Waals surface area contributed by atoms with Crippen LogP contribution in [0.5, 0.6) is 0 Å². The molecule has 2 aliphatic heterocycles. The molecule has 1 aromatic rings. The van der Waals surface area contributed by atoms with E-state index in [0.717, 1.165) is 51.4 Å². The lowest BCUT2D eigenvalue weighted by molar-refractivity contribution is -0.0373. The molecule has 2 saturated heterocycles. The number of piperidine rings is 1. The van der Waals surface area contributed by atoms with Crippen molar-refractivity contribution in [3.8, 4) is 6.07 Å². The molecule has 5 heteroatoms. The zero-order valence-corrected chi connectivity index (χ0v) is 12.5. The van der Waals surface area contributed by atoms with Crippen molar-refractivity contribution in [2.24, 2.45) is 0 Å². The Kier molecular flexibility index (Phi) is 4.37. The van der Waals surface area contributed by atoms with E-state index in [-0.39, 0.29) is 0 Å². The molecular formula is C16H22N4O. The summed E-state index contributed by atoms with van der Waals surface area (Å²) in [5, 5.41) is 8.95. The molecule has 21 heavy (non-hydrogen) atoms. The van der Waals surface area contributed by atoms with E-state index in [4.69, 9.17) is 10.00 Å². The van der Waals surface area contributed by atoms with Crippen LogP contribution in [0.1, 0.15) is 25.5 Å². The third-order valence-corrected chi connectivity index (χ3v) is 4.43. The van der Waals surface area contributed by atoms with Crippen molar-refractivity contribution in [2.75, 3.05) is 37.7 Å². The molecule has 0 aromatic carbocycles. The smallest absolute Gasteiger partial charge is 0.142 e. The van der Waals surface area contributed by atoms with Crippen LogP contribution in [0, 0.1) is 11.3 Å². The van der Waals surface area contributed by atoms with Crippen LogP contribution in [-0.2, 0) is 4.74 Å². The minimum atomic E-state index is 0.353. The van der Waals surface area contributed by atoms with Gasteiger partial charge in [0.1, 0.15) is 17.6 Å². The van der Waals surface area contributed by atoms with E-state index in [2.05, 4.69) is 27.8 Å². The van der Waals surface area contributed by atoms with E-state index in [1.54, 1.807) is 6.07 Å². The molecule has 2 fully saturated rings. The van der Waals surface area contributed by atoms with Gasteiger partial charge < -0.3 is 9.64 Å². The van der Waals surface area contributed by atoms with Crippen LogP contribution in [0.4, 0.5) is 5.82 Å². The van der Waals surface area contributed by atoms with Crippen LogP contribution in [-0.4, -0.2) is 54.8 Å². The minimum Gasteiger partial charge on any atom is -0.376 e. The summed E-state index contributed by atoms with van der Waals surface area (Å²) in [4.78, 5) is 9.26. The number of anilines is 1. The first-order chi connectivity index (χ1) is 10.3. The second kappa shape index (κ2) is 6.42. The number of pyridine rings is 1. The summed E-state index contributed by atoms with van der Waals surface area (Å²) < 4.78 is 5.62. The maximum absolute atomic E-state index is 8.95. The molecule has 1 unspecified atom stereocenters. The zero-order chi connectivity index (χ0) is 14.7. The predicted molar refractivity (Wildman–Crippen MR) is 81.2 cm³/mol. The van der Waals surface area contributed by atoms with Crippen molar-refractivity contribution in [2.45, 2.75) is 31.9 Å². The van der Waals surface area contributed by atoms with E-state index < -0.39 is 0 Å². The van der Waals surface area contributed by atoms with Crippen LogP contribution in [0.25, 0.3) is 0 Å². The molecule has 0 spiro atoms. The SMILES string of the molecule is CC1CN(C2CCN(c3cccc(C#N)n3)CC2)CCO1. The van der Waals surface area contributed by atoms with E-state index in [0.29, 0.717) is 17.8 Å². The number of rotatable bonds is 2. The highest BCUT2D eigenvalue weighted by atomic mass is 16.5. The van der Waals surface area contributed by atoms with Gasteiger partial charge in [-0.3, -0.25) is 4.90 Å². The summed E-state index contributed by atoms with van der Waals surface area (Å²) in [5.74, 6) is 0.933. The third-order valence-electron chi connectivity index (χ3n) is 4.43. The van der Waals surface area contributed by atoms with Crippen LogP contribution in [0.15, 0.2) is 18.2 Å². The molecule has 0 aliphatic carbocycles. The Bertz CT molecular complexity index is 519. The standard InChI is InChI=1S/C16H22N4O/c1-13-12-20(9-10-21-13)15-5-7-19(8-6-15)16-4-2-3-14(11-17)18-16/h2-4,13,15H,5-10,12H2,1H3. The van der Waals surface area contributed by atoms with Crippen molar-refractivity contribution in [1.82, 2.24) is 9.88 Å². The Morgan fingerprint density at radius 1 is 1.29 bits per heavy atom. The van der Waals surface area contributed by atoms with Gasteiger partial charge in [0.05, 0.1) is 12.7 Å². The largest absolute Gasteiger partial charge is 0.376 e. The lowest BCUT2D eigenvalue weighted by Gasteiger charge is -2.42. The van der Waals surface area contributed by atoms with Gasteiger partial charge in [-0.25, -0.2) is 4.98 Å². The Hall–Kier alpha value is -1.64. The normalized spacial score (nSPS) is 24.8. The number of ether oxygens (including phenoxy) is 1. The Morgan fingerprint density at radius 2 is 2.10 bits per heavy atom. The summed E-state index contributed by atoms with van der Waals surface area (Å²) in [6.45, 7) is 7.13. The second-order valence-corrected chi connectivity index (χ2v) is 5.89. The molecule has 1 atom stereocenters. The predicted octanol–water partition coefficient (Wildman–Crippen LogP) is 1.64. The molecule has 3 rings (SSSR count). The molecule has 112 valence electrons. The fraction of sp³-hybridized carbons (Fsp3) is 0.625. The quantitative estimate of drug-likeness (QED) is 0.827. The molecule has 0 bridgehead atoms. The topological polar surface area (TPSA) is 52.4 Å². The molecule has 3 heterocycles. The molecular weight excluding hydrogens is 264 g/mol. The van der Waals surface area contributed by atoms with E-state index in [1.165, 1.54) is 0 Å². The highest BCUT2D eigenvalue weighted by Crippen LogP contribution is 2.22. The van der Waals surface area contributed by atoms with Crippen molar-refractivity contribution >= 4 is 5.82 Å². The number of morpholine rings is 1. The Labute approximate surface area is 126 Å². The molecule has 0 N–H and O–H groups in total.